The van der Waals surface area contributed by atoms with Crippen LogP contribution in [-0.4, -0.2) is 12.9 Å². The van der Waals surface area contributed by atoms with Crippen molar-refractivity contribution in [3.63, 3.8) is 0 Å². The molecule has 0 spiro atoms. The van der Waals surface area contributed by atoms with Crippen molar-refractivity contribution in [2.24, 2.45) is 0 Å². The molecule has 0 saturated carbocycles. The highest BCUT2D eigenvalue weighted by Gasteiger charge is 2.13. The third-order valence-corrected chi connectivity index (χ3v) is 3.64. The van der Waals surface area contributed by atoms with Crippen molar-refractivity contribution >= 4 is 39.3 Å². The molecule has 0 unspecified atom stereocenters. The summed E-state index contributed by atoms with van der Waals surface area (Å²) in [4.78, 5) is 0.501. The summed E-state index contributed by atoms with van der Waals surface area (Å²) < 4.78 is 28.9. The van der Waals surface area contributed by atoms with Gasteiger partial charge >= 0.3 is 6.61 Å². The van der Waals surface area contributed by atoms with Crippen LogP contribution in [0.15, 0.2) is 21.5 Å². The lowest BCUT2D eigenvalue weighted by molar-refractivity contribution is -0.0516. The molecule has 0 bridgehead atoms. The first-order valence-corrected chi connectivity index (χ1v) is 5.92. The Labute approximate surface area is 97.9 Å². The number of thioether (sulfide) groups is 1. The molecule has 0 fully saturated rings. The molecule has 0 amide bonds. The van der Waals surface area contributed by atoms with Crippen LogP contribution in [0.5, 0.6) is 5.75 Å². The fraction of sp³-hybridized carbons (Fsp3) is 0.250. The van der Waals surface area contributed by atoms with Crippen LogP contribution in [0.25, 0.3) is 0 Å². The summed E-state index contributed by atoms with van der Waals surface area (Å²) in [6.07, 6.45) is 1.74. The normalized spacial score (nSPS) is 10.7. The topological polar surface area (TPSA) is 9.23 Å². The van der Waals surface area contributed by atoms with Crippen LogP contribution in [0.4, 0.5) is 8.78 Å². The van der Waals surface area contributed by atoms with E-state index in [1.54, 1.807) is 12.3 Å². The molecule has 1 nitrogen and oxygen atoms in total. The van der Waals surface area contributed by atoms with Crippen molar-refractivity contribution in [2.75, 3.05) is 6.26 Å². The van der Waals surface area contributed by atoms with Crippen LogP contribution in [0.3, 0.4) is 0 Å². The zero-order valence-electron chi connectivity index (χ0n) is 7.06. The number of hydrogen-bond acceptors (Lipinski definition) is 2. The zero-order chi connectivity index (χ0) is 10.7. The maximum atomic E-state index is 12.0. The molecular formula is C8H6BrClF2OS. The lowest BCUT2D eigenvalue weighted by atomic mass is 10.3. The molecule has 0 N–H and O–H groups in total. The van der Waals surface area contributed by atoms with Crippen molar-refractivity contribution in [3.8, 4) is 5.75 Å². The van der Waals surface area contributed by atoms with E-state index in [1.807, 2.05) is 0 Å². The summed E-state index contributed by atoms with van der Waals surface area (Å²) >= 11 is 10.3. The van der Waals surface area contributed by atoms with Gasteiger partial charge in [0.05, 0.1) is 9.92 Å². The van der Waals surface area contributed by atoms with Crippen LogP contribution in [-0.2, 0) is 0 Å². The van der Waals surface area contributed by atoms with Crippen molar-refractivity contribution < 1.29 is 13.5 Å². The summed E-state index contributed by atoms with van der Waals surface area (Å²) in [7, 11) is 0. The lowest BCUT2D eigenvalue weighted by Crippen LogP contribution is -2.03. The predicted molar refractivity (Wildman–Crippen MR) is 57.6 cm³/mol. The Hall–Kier alpha value is -0.0000000000000000555. The second-order valence-corrected chi connectivity index (χ2v) is 4.32. The summed E-state index contributed by atoms with van der Waals surface area (Å²) in [6, 6.07) is 3.02. The summed E-state index contributed by atoms with van der Waals surface area (Å²) in [6.45, 7) is -2.84. The van der Waals surface area contributed by atoms with E-state index in [4.69, 9.17) is 11.6 Å². The third-order valence-electron chi connectivity index (χ3n) is 1.43. The second-order valence-electron chi connectivity index (χ2n) is 2.27. The van der Waals surface area contributed by atoms with Gasteiger partial charge in [0, 0.05) is 4.47 Å². The summed E-state index contributed by atoms with van der Waals surface area (Å²) in [5.74, 6) is 0.0979. The average Bonchev–Trinajstić information content (AvgIpc) is 2.11. The Morgan fingerprint density at radius 2 is 2.14 bits per heavy atom. The molecular weight excluding hydrogens is 298 g/mol. The van der Waals surface area contributed by atoms with Gasteiger partial charge in [-0.25, -0.2) is 0 Å². The van der Waals surface area contributed by atoms with E-state index < -0.39 is 6.61 Å². The molecule has 0 radical (unpaired) electrons. The van der Waals surface area contributed by atoms with Gasteiger partial charge in [-0.05, 0) is 34.3 Å². The Morgan fingerprint density at radius 1 is 1.50 bits per heavy atom. The fourth-order valence-electron chi connectivity index (χ4n) is 0.893. The third kappa shape index (κ3) is 2.74. The molecule has 0 aliphatic rings. The zero-order valence-corrected chi connectivity index (χ0v) is 10.2. The standard InChI is InChI=1S/C8H6BrClF2OS/c1-14-7-5(13-8(11)12)3-2-4(9)6(7)10/h2-3,8H,1H3. The molecule has 0 aliphatic carbocycles. The molecule has 0 atom stereocenters. The molecule has 0 saturated heterocycles. The highest BCUT2D eigenvalue weighted by molar-refractivity contribution is 9.10. The SMILES string of the molecule is CSc1c(OC(F)F)ccc(Br)c1Cl. The molecule has 1 aromatic carbocycles. The van der Waals surface area contributed by atoms with Gasteiger partial charge in [-0.1, -0.05) is 11.6 Å². The van der Waals surface area contributed by atoms with Gasteiger partial charge in [-0.3, -0.25) is 0 Å². The van der Waals surface area contributed by atoms with E-state index in [2.05, 4.69) is 20.7 Å². The van der Waals surface area contributed by atoms with E-state index in [-0.39, 0.29) is 5.75 Å². The highest BCUT2D eigenvalue weighted by atomic mass is 79.9. The predicted octanol–water partition coefficient (Wildman–Crippen LogP) is 4.43. The van der Waals surface area contributed by atoms with Crippen LogP contribution >= 0.6 is 39.3 Å². The number of rotatable bonds is 3. The fourth-order valence-corrected chi connectivity index (χ4v) is 2.35. The van der Waals surface area contributed by atoms with Crippen molar-refractivity contribution in [2.45, 2.75) is 11.5 Å². The van der Waals surface area contributed by atoms with Gasteiger partial charge in [0.2, 0.25) is 0 Å². The molecule has 78 valence electrons. The first kappa shape index (κ1) is 12.1. The molecule has 1 rings (SSSR count). The van der Waals surface area contributed by atoms with Crippen LogP contribution in [0.1, 0.15) is 0 Å². The van der Waals surface area contributed by atoms with Gasteiger partial charge in [-0.15, -0.1) is 11.8 Å². The minimum Gasteiger partial charge on any atom is -0.434 e. The van der Waals surface area contributed by atoms with Crippen molar-refractivity contribution in [3.05, 3.63) is 21.6 Å². The van der Waals surface area contributed by atoms with E-state index in [9.17, 15) is 8.78 Å². The van der Waals surface area contributed by atoms with Gasteiger partial charge < -0.3 is 4.74 Å². The number of halogens is 4. The number of benzene rings is 1. The molecule has 0 aliphatic heterocycles. The van der Waals surface area contributed by atoms with Crippen molar-refractivity contribution in [1.82, 2.24) is 0 Å². The first-order chi connectivity index (χ1) is 6.56. The maximum Gasteiger partial charge on any atom is 0.387 e. The molecule has 14 heavy (non-hydrogen) atoms. The first-order valence-electron chi connectivity index (χ1n) is 3.53. The Bertz CT molecular complexity index is 335. The van der Waals surface area contributed by atoms with Crippen molar-refractivity contribution in [1.29, 1.82) is 0 Å². The van der Waals surface area contributed by atoms with Gasteiger partial charge in [0.25, 0.3) is 0 Å². The highest BCUT2D eigenvalue weighted by Crippen LogP contribution is 2.39. The van der Waals surface area contributed by atoms with Crippen LogP contribution < -0.4 is 4.74 Å². The molecule has 6 heteroatoms. The molecule has 1 aromatic rings. The van der Waals surface area contributed by atoms with Gasteiger partial charge in [-0.2, -0.15) is 8.78 Å². The van der Waals surface area contributed by atoms with Crippen LogP contribution in [0.2, 0.25) is 5.02 Å². The largest absolute Gasteiger partial charge is 0.434 e. The van der Waals surface area contributed by atoms with Crippen LogP contribution in [0, 0.1) is 0 Å². The lowest BCUT2D eigenvalue weighted by Gasteiger charge is -2.11. The quantitative estimate of drug-likeness (QED) is 0.764. The number of ether oxygens (including phenoxy) is 1. The summed E-state index contributed by atoms with van der Waals surface area (Å²) in [5, 5.41) is 0.385. The van der Waals surface area contributed by atoms with E-state index in [1.165, 1.54) is 17.8 Å². The maximum absolute atomic E-state index is 12.0. The average molecular weight is 304 g/mol. The second kappa shape index (κ2) is 5.19. The minimum atomic E-state index is -2.84. The van der Waals surface area contributed by atoms with E-state index in [0.29, 0.717) is 14.4 Å². The minimum absolute atomic E-state index is 0.0979. The molecule has 0 aromatic heterocycles. The van der Waals surface area contributed by atoms with Gasteiger partial charge in [0.1, 0.15) is 5.75 Å². The number of alkyl halides is 2. The Morgan fingerprint density at radius 3 is 2.64 bits per heavy atom. The Balaban J connectivity index is 3.10. The monoisotopic (exact) mass is 302 g/mol. The molecule has 0 heterocycles. The smallest absolute Gasteiger partial charge is 0.387 e. The summed E-state index contributed by atoms with van der Waals surface area (Å²) in [5.41, 5.74) is 0. The van der Waals surface area contributed by atoms with E-state index >= 15 is 0 Å². The van der Waals surface area contributed by atoms with E-state index in [0.717, 1.165) is 0 Å². The number of hydrogen-bond donors (Lipinski definition) is 0. The van der Waals surface area contributed by atoms with Gasteiger partial charge in [0.15, 0.2) is 0 Å². The Kier molecular flexibility index (Phi) is 4.47.